The van der Waals surface area contributed by atoms with Crippen LogP contribution in [0.5, 0.6) is 0 Å². The zero-order chi connectivity index (χ0) is 12.5. The van der Waals surface area contributed by atoms with Gasteiger partial charge in [-0.15, -0.1) is 0 Å². The molecule has 3 rings (SSSR count). The first-order valence-corrected chi connectivity index (χ1v) is 5.78. The smallest absolute Gasteiger partial charge is 0.160 e. The van der Waals surface area contributed by atoms with Crippen molar-refractivity contribution in [3.63, 3.8) is 0 Å². The molecule has 1 aromatic carbocycles. The highest BCUT2D eigenvalue weighted by atomic mass is 16.3. The van der Waals surface area contributed by atoms with Crippen LogP contribution in [0.2, 0.25) is 0 Å². The molecule has 0 aliphatic carbocycles. The minimum Gasteiger partial charge on any atom is -0.388 e. The lowest BCUT2D eigenvalue weighted by molar-refractivity contribution is 0.268. The van der Waals surface area contributed by atoms with Gasteiger partial charge in [-0.2, -0.15) is 0 Å². The average Bonchev–Trinajstić information content (AvgIpc) is 2.76. The average molecular weight is 239 g/mol. The van der Waals surface area contributed by atoms with Crippen LogP contribution in [-0.2, 0) is 13.7 Å². The zero-order valence-electron chi connectivity index (χ0n) is 10.0. The van der Waals surface area contributed by atoms with E-state index in [4.69, 9.17) is 0 Å². The van der Waals surface area contributed by atoms with Gasteiger partial charge in [0, 0.05) is 12.6 Å². The molecule has 3 aromatic rings. The molecule has 1 N–H and O–H groups in total. The second-order valence-electron chi connectivity index (χ2n) is 4.15. The third kappa shape index (κ3) is 1.67. The zero-order valence-corrected chi connectivity index (χ0v) is 10.0. The first-order valence-electron chi connectivity index (χ1n) is 5.78. The van der Waals surface area contributed by atoms with Crippen LogP contribution in [-0.4, -0.2) is 19.6 Å². The van der Waals surface area contributed by atoms with E-state index in [1.807, 2.05) is 54.1 Å². The lowest BCUT2D eigenvalue weighted by Gasteiger charge is -2.01. The Balaban J connectivity index is 2.19. The molecule has 0 atom stereocenters. The van der Waals surface area contributed by atoms with Gasteiger partial charge in [-0.25, -0.2) is 9.97 Å². The van der Waals surface area contributed by atoms with E-state index in [0.29, 0.717) is 5.82 Å². The van der Waals surface area contributed by atoms with Crippen molar-refractivity contribution < 1.29 is 5.11 Å². The van der Waals surface area contributed by atoms with E-state index in [2.05, 4.69) is 9.97 Å². The molecule has 90 valence electrons. The summed E-state index contributed by atoms with van der Waals surface area (Å²) in [5.41, 5.74) is 3.59. The van der Waals surface area contributed by atoms with Crippen LogP contribution in [0.4, 0.5) is 0 Å². The van der Waals surface area contributed by atoms with Crippen molar-refractivity contribution in [2.75, 3.05) is 0 Å². The quantitative estimate of drug-likeness (QED) is 0.745. The van der Waals surface area contributed by atoms with Crippen molar-refractivity contribution in [1.29, 1.82) is 0 Å². The van der Waals surface area contributed by atoms with Gasteiger partial charge in [0.05, 0.1) is 5.69 Å². The molecular weight excluding hydrogens is 226 g/mol. The molecule has 0 bridgehead atoms. The SMILES string of the molecule is Cn1c(CO)nc2ccc(-c3ccccc3)nc21. The van der Waals surface area contributed by atoms with Crippen molar-refractivity contribution >= 4 is 11.2 Å². The Kier molecular flexibility index (Phi) is 2.57. The van der Waals surface area contributed by atoms with Crippen LogP contribution < -0.4 is 0 Å². The predicted molar refractivity (Wildman–Crippen MR) is 69.9 cm³/mol. The molecule has 4 heteroatoms. The normalized spacial score (nSPS) is 11.0. The second kappa shape index (κ2) is 4.23. The van der Waals surface area contributed by atoms with Gasteiger partial charge in [0.15, 0.2) is 5.65 Å². The fourth-order valence-corrected chi connectivity index (χ4v) is 2.02. The number of fused-ring (bicyclic) bond motifs is 1. The first kappa shape index (κ1) is 10.9. The Hall–Kier alpha value is -2.20. The van der Waals surface area contributed by atoms with Crippen LogP contribution in [0, 0.1) is 0 Å². The number of hydrogen-bond acceptors (Lipinski definition) is 3. The maximum Gasteiger partial charge on any atom is 0.160 e. The van der Waals surface area contributed by atoms with Crippen LogP contribution in [0.15, 0.2) is 42.5 Å². The molecule has 0 saturated carbocycles. The van der Waals surface area contributed by atoms with Crippen LogP contribution in [0.25, 0.3) is 22.4 Å². The van der Waals surface area contributed by atoms with Gasteiger partial charge in [-0.3, -0.25) is 0 Å². The lowest BCUT2D eigenvalue weighted by Crippen LogP contribution is -1.98. The third-order valence-corrected chi connectivity index (χ3v) is 3.02. The van der Waals surface area contributed by atoms with Gasteiger partial charge in [-0.05, 0) is 12.1 Å². The Labute approximate surface area is 105 Å². The number of aliphatic hydroxyl groups excluding tert-OH is 1. The molecule has 18 heavy (non-hydrogen) atoms. The van der Waals surface area contributed by atoms with Crippen molar-refractivity contribution in [3.8, 4) is 11.3 Å². The molecule has 0 radical (unpaired) electrons. The fourth-order valence-electron chi connectivity index (χ4n) is 2.02. The summed E-state index contributed by atoms with van der Waals surface area (Å²) < 4.78 is 1.82. The van der Waals surface area contributed by atoms with Gasteiger partial charge >= 0.3 is 0 Å². The van der Waals surface area contributed by atoms with Crippen molar-refractivity contribution in [1.82, 2.24) is 14.5 Å². The molecule has 0 fully saturated rings. The minimum atomic E-state index is -0.0759. The van der Waals surface area contributed by atoms with Gasteiger partial charge in [0.1, 0.15) is 17.9 Å². The number of aromatic nitrogens is 3. The van der Waals surface area contributed by atoms with E-state index in [1.165, 1.54) is 0 Å². The number of benzene rings is 1. The van der Waals surface area contributed by atoms with E-state index in [9.17, 15) is 5.11 Å². The Morgan fingerprint density at radius 2 is 1.83 bits per heavy atom. The molecule has 2 aromatic heterocycles. The largest absolute Gasteiger partial charge is 0.388 e. The van der Waals surface area contributed by atoms with Crippen LogP contribution in [0.1, 0.15) is 5.82 Å². The Morgan fingerprint density at radius 1 is 1.06 bits per heavy atom. The molecule has 0 aliphatic heterocycles. The number of hydrogen-bond donors (Lipinski definition) is 1. The molecule has 0 saturated heterocycles. The highest BCUT2D eigenvalue weighted by molar-refractivity contribution is 5.76. The number of aryl methyl sites for hydroxylation is 1. The van der Waals surface area contributed by atoms with Crippen molar-refractivity contribution in [3.05, 3.63) is 48.3 Å². The topological polar surface area (TPSA) is 50.9 Å². The Bertz CT molecular complexity index is 689. The number of pyridine rings is 1. The maximum absolute atomic E-state index is 9.19. The van der Waals surface area contributed by atoms with Crippen molar-refractivity contribution in [2.24, 2.45) is 7.05 Å². The number of nitrogens with zero attached hydrogens (tertiary/aromatic N) is 3. The van der Waals surface area contributed by atoms with Gasteiger partial charge in [-0.1, -0.05) is 30.3 Å². The summed E-state index contributed by atoms with van der Waals surface area (Å²) in [6.45, 7) is -0.0759. The summed E-state index contributed by atoms with van der Waals surface area (Å²) in [6, 6.07) is 13.9. The van der Waals surface area contributed by atoms with Gasteiger partial charge < -0.3 is 9.67 Å². The lowest BCUT2D eigenvalue weighted by atomic mass is 10.1. The minimum absolute atomic E-state index is 0.0759. The maximum atomic E-state index is 9.19. The number of imidazole rings is 1. The molecule has 0 aliphatic rings. The summed E-state index contributed by atoms with van der Waals surface area (Å²) in [7, 11) is 1.86. The van der Waals surface area contributed by atoms with Gasteiger partial charge in [0.25, 0.3) is 0 Å². The molecule has 0 amide bonds. The van der Waals surface area contributed by atoms with Crippen LogP contribution >= 0.6 is 0 Å². The summed E-state index contributed by atoms with van der Waals surface area (Å²) in [5.74, 6) is 0.628. The molecule has 0 unspecified atom stereocenters. The summed E-state index contributed by atoms with van der Waals surface area (Å²) in [4.78, 5) is 8.92. The molecule has 0 spiro atoms. The van der Waals surface area contributed by atoms with E-state index >= 15 is 0 Å². The highest BCUT2D eigenvalue weighted by Gasteiger charge is 2.09. The number of rotatable bonds is 2. The second-order valence-corrected chi connectivity index (χ2v) is 4.15. The monoisotopic (exact) mass is 239 g/mol. The van der Waals surface area contributed by atoms with E-state index in [0.717, 1.165) is 22.4 Å². The molecule has 2 heterocycles. The van der Waals surface area contributed by atoms with E-state index in [-0.39, 0.29) is 6.61 Å². The first-order chi connectivity index (χ1) is 8.79. The van der Waals surface area contributed by atoms with E-state index < -0.39 is 0 Å². The van der Waals surface area contributed by atoms with Gasteiger partial charge in [0.2, 0.25) is 0 Å². The summed E-state index contributed by atoms with van der Waals surface area (Å²) in [5, 5.41) is 9.19. The fraction of sp³-hybridized carbons (Fsp3) is 0.143. The summed E-state index contributed by atoms with van der Waals surface area (Å²) >= 11 is 0. The molecule has 4 nitrogen and oxygen atoms in total. The Morgan fingerprint density at radius 3 is 2.56 bits per heavy atom. The third-order valence-electron chi connectivity index (χ3n) is 3.02. The molecular formula is C14H13N3O. The van der Waals surface area contributed by atoms with Crippen molar-refractivity contribution in [2.45, 2.75) is 6.61 Å². The number of aliphatic hydroxyl groups is 1. The van der Waals surface area contributed by atoms with Crippen LogP contribution in [0.3, 0.4) is 0 Å². The highest BCUT2D eigenvalue weighted by Crippen LogP contribution is 2.20. The predicted octanol–water partition coefficient (Wildman–Crippen LogP) is 2.13. The van der Waals surface area contributed by atoms with E-state index in [1.54, 1.807) is 0 Å². The summed E-state index contributed by atoms with van der Waals surface area (Å²) in [6.07, 6.45) is 0. The standard InChI is InChI=1S/C14H13N3O/c1-17-13(9-18)15-12-8-7-11(16-14(12)17)10-5-3-2-4-6-10/h2-8,18H,9H2,1H3.